The lowest BCUT2D eigenvalue weighted by molar-refractivity contribution is 0.307. The van der Waals surface area contributed by atoms with Crippen molar-refractivity contribution in [2.75, 3.05) is 19.8 Å². The maximum atomic E-state index is 13.2. The lowest BCUT2D eigenvalue weighted by Crippen LogP contribution is -2.31. The van der Waals surface area contributed by atoms with E-state index in [0.717, 1.165) is 12.2 Å². The summed E-state index contributed by atoms with van der Waals surface area (Å²) >= 11 is 0. The Morgan fingerprint density at radius 2 is 1.93 bits per heavy atom. The Balaban J connectivity index is 1.75. The summed E-state index contributed by atoms with van der Waals surface area (Å²) in [6.45, 7) is 3.83. The van der Waals surface area contributed by atoms with Gasteiger partial charge in [-0.2, -0.15) is 0 Å². The number of hydrogen-bond donors (Lipinski definition) is 1. The van der Waals surface area contributed by atoms with E-state index in [9.17, 15) is 4.39 Å². The molecule has 1 N–H and O–H groups in total. The van der Waals surface area contributed by atoms with Gasteiger partial charge in [0.1, 0.15) is 5.82 Å². The fourth-order valence-corrected chi connectivity index (χ4v) is 1.93. The van der Waals surface area contributed by atoms with Crippen LogP contribution in [-0.2, 0) is 6.54 Å². The first-order chi connectivity index (χ1) is 7.36. The minimum absolute atomic E-state index is 0.119. The monoisotopic (exact) mass is 208 g/mol. The molecule has 0 amide bonds. The van der Waals surface area contributed by atoms with Crippen LogP contribution in [0.4, 0.5) is 4.39 Å². The first-order valence-electron chi connectivity index (χ1n) is 5.53. The van der Waals surface area contributed by atoms with Gasteiger partial charge in [-0.15, -0.1) is 0 Å². The van der Waals surface area contributed by atoms with Crippen LogP contribution in [0, 0.1) is 5.82 Å². The molecule has 1 heterocycles. The summed E-state index contributed by atoms with van der Waals surface area (Å²) < 4.78 is 13.2. The Labute approximate surface area is 90.1 Å². The van der Waals surface area contributed by atoms with E-state index in [1.165, 1.54) is 32.0 Å². The number of hydrogen-bond acceptors (Lipinski definition) is 2. The molecular formula is C12H17FN2. The van der Waals surface area contributed by atoms with Crippen molar-refractivity contribution in [2.45, 2.75) is 19.4 Å². The minimum atomic E-state index is -0.119. The van der Waals surface area contributed by atoms with Crippen molar-refractivity contribution in [3.63, 3.8) is 0 Å². The van der Waals surface area contributed by atoms with Crippen LogP contribution in [-0.4, -0.2) is 24.7 Å². The van der Waals surface area contributed by atoms with Crippen LogP contribution >= 0.6 is 0 Å². The van der Waals surface area contributed by atoms with E-state index in [1.807, 2.05) is 12.1 Å². The Bertz CT molecular complexity index is 308. The second-order valence-electron chi connectivity index (χ2n) is 4.00. The van der Waals surface area contributed by atoms with Crippen molar-refractivity contribution in [3.8, 4) is 0 Å². The summed E-state index contributed by atoms with van der Waals surface area (Å²) in [5, 5.41) is 3.27. The van der Waals surface area contributed by atoms with Gasteiger partial charge >= 0.3 is 0 Å². The lowest BCUT2D eigenvalue weighted by atomic mass is 10.2. The maximum absolute atomic E-state index is 13.2. The first kappa shape index (κ1) is 10.6. The van der Waals surface area contributed by atoms with Gasteiger partial charge in [-0.25, -0.2) is 4.39 Å². The highest BCUT2D eigenvalue weighted by Crippen LogP contribution is 2.07. The normalized spacial score (nSPS) is 17.1. The third-order valence-electron chi connectivity index (χ3n) is 2.81. The summed E-state index contributed by atoms with van der Waals surface area (Å²) in [6, 6.07) is 6.93. The average molecular weight is 208 g/mol. The highest BCUT2D eigenvalue weighted by atomic mass is 19.1. The highest BCUT2D eigenvalue weighted by Gasteiger charge is 2.10. The Morgan fingerprint density at radius 1 is 1.20 bits per heavy atom. The number of benzene rings is 1. The molecule has 2 rings (SSSR count). The standard InChI is InChI=1S/C12H17FN2/c13-12-6-2-1-5-11(12)9-14-10-15-7-3-4-8-15/h1-2,5-6,14H,3-4,7-10H2. The summed E-state index contributed by atoms with van der Waals surface area (Å²) in [5.41, 5.74) is 0.747. The molecule has 1 aliphatic rings. The summed E-state index contributed by atoms with van der Waals surface area (Å²) in [5.74, 6) is -0.119. The molecule has 0 bridgehead atoms. The number of halogens is 1. The molecule has 1 fully saturated rings. The number of nitrogens with zero attached hydrogens (tertiary/aromatic N) is 1. The molecule has 0 unspecified atom stereocenters. The SMILES string of the molecule is Fc1ccccc1CNCN1CCCC1. The summed E-state index contributed by atoms with van der Waals surface area (Å²) in [7, 11) is 0. The van der Waals surface area contributed by atoms with Crippen LogP contribution < -0.4 is 5.32 Å². The van der Waals surface area contributed by atoms with E-state index >= 15 is 0 Å². The van der Waals surface area contributed by atoms with Gasteiger partial charge in [0.15, 0.2) is 0 Å². The second kappa shape index (κ2) is 5.24. The molecule has 0 atom stereocenters. The van der Waals surface area contributed by atoms with Crippen LogP contribution in [0.2, 0.25) is 0 Å². The predicted octanol–water partition coefficient (Wildman–Crippen LogP) is 1.97. The zero-order valence-electron chi connectivity index (χ0n) is 8.88. The molecule has 0 aliphatic carbocycles. The second-order valence-corrected chi connectivity index (χ2v) is 4.00. The van der Waals surface area contributed by atoms with Gasteiger partial charge in [-0.05, 0) is 32.0 Å². The topological polar surface area (TPSA) is 15.3 Å². The molecular weight excluding hydrogens is 191 g/mol. The molecule has 1 aromatic carbocycles. The number of rotatable bonds is 4. The summed E-state index contributed by atoms with van der Waals surface area (Å²) in [4.78, 5) is 2.36. The van der Waals surface area contributed by atoms with Crippen molar-refractivity contribution in [3.05, 3.63) is 35.6 Å². The molecule has 2 nitrogen and oxygen atoms in total. The van der Waals surface area contributed by atoms with Gasteiger partial charge in [-0.3, -0.25) is 4.90 Å². The van der Waals surface area contributed by atoms with Gasteiger partial charge in [0.25, 0.3) is 0 Å². The van der Waals surface area contributed by atoms with Gasteiger partial charge in [0.2, 0.25) is 0 Å². The van der Waals surface area contributed by atoms with Crippen LogP contribution in [0.5, 0.6) is 0 Å². The molecule has 15 heavy (non-hydrogen) atoms. The van der Waals surface area contributed by atoms with E-state index in [2.05, 4.69) is 10.2 Å². The van der Waals surface area contributed by atoms with Crippen molar-refractivity contribution in [1.29, 1.82) is 0 Å². The maximum Gasteiger partial charge on any atom is 0.127 e. The van der Waals surface area contributed by atoms with Gasteiger partial charge < -0.3 is 5.32 Å². The number of likely N-dealkylation sites (tertiary alicyclic amines) is 1. The van der Waals surface area contributed by atoms with Crippen molar-refractivity contribution >= 4 is 0 Å². The number of nitrogens with one attached hydrogen (secondary N) is 1. The average Bonchev–Trinajstić information content (AvgIpc) is 2.74. The molecule has 1 saturated heterocycles. The van der Waals surface area contributed by atoms with Gasteiger partial charge in [0, 0.05) is 18.8 Å². The third-order valence-corrected chi connectivity index (χ3v) is 2.81. The molecule has 3 heteroatoms. The molecule has 1 aliphatic heterocycles. The highest BCUT2D eigenvalue weighted by molar-refractivity contribution is 5.16. The van der Waals surface area contributed by atoms with Gasteiger partial charge in [-0.1, -0.05) is 18.2 Å². The van der Waals surface area contributed by atoms with Crippen LogP contribution in [0.25, 0.3) is 0 Å². The third kappa shape index (κ3) is 3.01. The zero-order valence-corrected chi connectivity index (χ0v) is 8.88. The predicted molar refractivity (Wildman–Crippen MR) is 58.9 cm³/mol. The molecule has 1 aromatic rings. The van der Waals surface area contributed by atoms with Crippen molar-refractivity contribution in [1.82, 2.24) is 10.2 Å². The molecule has 0 saturated carbocycles. The lowest BCUT2D eigenvalue weighted by Gasteiger charge is -2.15. The van der Waals surface area contributed by atoms with E-state index in [-0.39, 0.29) is 5.82 Å². The van der Waals surface area contributed by atoms with E-state index in [1.54, 1.807) is 6.07 Å². The largest absolute Gasteiger partial charge is 0.300 e. The molecule has 0 aromatic heterocycles. The first-order valence-corrected chi connectivity index (χ1v) is 5.53. The Morgan fingerprint density at radius 3 is 2.67 bits per heavy atom. The van der Waals surface area contributed by atoms with E-state index in [0.29, 0.717) is 6.54 Å². The fraction of sp³-hybridized carbons (Fsp3) is 0.500. The van der Waals surface area contributed by atoms with E-state index < -0.39 is 0 Å². The van der Waals surface area contributed by atoms with Crippen molar-refractivity contribution in [2.24, 2.45) is 0 Å². The Hall–Kier alpha value is -0.930. The van der Waals surface area contributed by atoms with Crippen LogP contribution in [0.15, 0.2) is 24.3 Å². The van der Waals surface area contributed by atoms with Crippen LogP contribution in [0.3, 0.4) is 0 Å². The van der Waals surface area contributed by atoms with Gasteiger partial charge in [0.05, 0.1) is 0 Å². The Kier molecular flexibility index (Phi) is 3.69. The molecule has 82 valence electrons. The smallest absolute Gasteiger partial charge is 0.127 e. The fourth-order valence-electron chi connectivity index (χ4n) is 1.93. The minimum Gasteiger partial charge on any atom is -0.300 e. The van der Waals surface area contributed by atoms with E-state index in [4.69, 9.17) is 0 Å². The quantitative estimate of drug-likeness (QED) is 0.813. The summed E-state index contributed by atoms with van der Waals surface area (Å²) in [6.07, 6.45) is 2.59. The zero-order chi connectivity index (χ0) is 10.5. The molecule has 0 radical (unpaired) electrons. The molecule has 0 spiro atoms. The van der Waals surface area contributed by atoms with Crippen LogP contribution in [0.1, 0.15) is 18.4 Å². The van der Waals surface area contributed by atoms with Crippen molar-refractivity contribution < 1.29 is 4.39 Å².